The third-order valence-electron chi connectivity index (χ3n) is 13.7. The van der Waals surface area contributed by atoms with Gasteiger partial charge in [0, 0.05) is 67.9 Å². The minimum atomic E-state index is -1.70. The number of carbonyl (C=O) groups is 9. The normalized spacial score (nSPS) is 22.9. The second-order valence-corrected chi connectivity index (χ2v) is 22.4. The van der Waals surface area contributed by atoms with Gasteiger partial charge in [0.25, 0.3) is 0 Å². The van der Waals surface area contributed by atoms with Crippen LogP contribution in [0.25, 0.3) is 10.9 Å². The molecule has 1 unspecified atom stereocenters. The number of aliphatic imine (C=N–C) groups is 2. The van der Waals surface area contributed by atoms with E-state index in [-0.39, 0.29) is 87.9 Å². The number of rotatable bonds is 16. The molecule has 6 rings (SSSR count). The predicted octanol–water partition coefficient (Wildman–Crippen LogP) is -1.58. The topological polar surface area (TPSA) is 420 Å². The van der Waals surface area contributed by atoms with Gasteiger partial charge in [-0.25, -0.2) is 0 Å². The molecule has 3 aromatic carbocycles. The number of aryl methyl sites for hydroxylation is 1. The number of para-hydroxylation sites is 1. The lowest BCUT2D eigenvalue weighted by atomic mass is 9.76. The second kappa shape index (κ2) is 29.8. The summed E-state index contributed by atoms with van der Waals surface area (Å²) in [6, 6.07) is 14.2. The van der Waals surface area contributed by atoms with Crippen LogP contribution in [0, 0.1) is 0 Å². The van der Waals surface area contributed by atoms with E-state index in [0.29, 0.717) is 17.5 Å². The zero-order valence-corrected chi connectivity index (χ0v) is 46.7. The molecule has 8 atom stereocenters. The maximum absolute atomic E-state index is 15.2. The van der Waals surface area contributed by atoms with Crippen molar-refractivity contribution >= 4 is 97.6 Å². The van der Waals surface area contributed by atoms with E-state index in [1.54, 1.807) is 42.6 Å². The maximum atomic E-state index is 15.2. The van der Waals surface area contributed by atoms with Gasteiger partial charge in [0.2, 0.25) is 53.2 Å². The van der Waals surface area contributed by atoms with E-state index < -0.39 is 101 Å². The average molecular weight is 1150 g/mol. The van der Waals surface area contributed by atoms with Crippen molar-refractivity contribution in [3.63, 3.8) is 0 Å². The van der Waals surface area contributed by atoms with E-state index in [1.807, 2.05) is 42.5 Å². The Balaban J connectivity index is 1.40. The molecule has 9 amide bonds. The molecular formula is C54H72N16O9S2. The number of nitrogens with one attached hydrogen (secondary N) is 9. The number of carbonyl (C=O) groups excluding carboxylic acids is 9. The lowest BCUT2D eigenvalue weighted by Crippen LogP contribution is -2.67. The number of hydrogen-bond donors (Lipinski definition) is 14. The Hall–Kier alpha value is -8.33. The van der Waals surface area contributed by atoms with Crippen molar-refractivity contribution in [1.82, 2.24) is 47.5 Å². The van der Waals surface area contributed by atoms with Crippen LogP contribution in [-0.2, 0) is 68.8 Å². The molecule has 2 heterocycles. The van der Waals surface area contributed by atoms with Gasteiger partial charge in [0.1, 0.15) is 47.8 Å². The summed E-state index contributed by atoms with van der Waals surface area (Å²) in [5, 5.41) is 22.8. The molecule has 0 saturated carbocycles. The van der Waals surface area contributed by atoms with Gasteiger partial charge in [-0.15, -0.1) is 0 Å². The van der Waals surface area contributed by atoms with E-state index >= 15 is 4.79 Å². The van der Waals surface area contributed by atoms with Crippen LogP contribution in [0.2, 0.25) is 0 Å². The number of aromatic nitrogens is 1. The molecule has 81 heavy (non-hydrogen) atoms. The zero-order valence-electron chi connectivity index (χ0n) is 45.1. The highest BCUT2D eigenvalue weighted by molar-refractivity contribution is 8.76. The number of fused-ring (bicyclic) bond motifs is 2. The van der Waals surface area contributed by atoms with Crippen LogP contribution in [0.15, 0.2) is 95.0 Å². The van der Waals surface area contributed by atoms with Crippen LogP contribution in [0.1, 0.15) is 68.2 Å². The Morgan fingerprint density at radius 1 is 0.691 bits per heavy atom. The first-order valence-corrected chi connectivity index (χ1v) is 28.9. The van der Waals surface area contributed by atoms with Gasteiger partial charge in [-0.3, -0.25) is 53.1 Å². The number of amides is 9. The van der Waals surface area contributed by atoms with Crippen LogP contribution in [0.3, 0.4) is 0 Å². The average Bonchev–Trinajstić information content (AvgIpc) is 3.87. The van der Waals surface area contributed by atoms with E-state index in [9.17, 15) is 38.4 Å². The smallest absolute Gasteiger partial charge is 0.246 e. The fraction of sp³-hybridized carbons (Fsp3) is 0.426. The fourth-order valence-electron chi connectivity index (χ4n) is 9.39. The number of primary amides is 1. The van der Waals surface area contributed by atoms with Crippen LogP contribution in [0.5, 0.6) is 0 Å². The highest BCUT2D eigenvalue weighted by Gasteiger charge is 2.45. The van der Waals surface area contributed by atoms with Gasteiger partial charge in [-0.05, 0) is 73.8 Å². The maximum Gasteiger partial charge on any atom is 0.246 e. The van der Waals surface area contributed by atoms with Gasteiger partial charge >= 0.3 is 0 Å². The number of aromatic amines is 1. The van der Waals surface area contributed by atoms with Crippen LogP contribution in [0.4, 0.5) is 0 Å². The predicted molar refractivity (Wildman–Crippen MR) is 310 cm³/mol. The van der Waals surface area contributed by atoms with E-state index in [1.165, 1.54) is 13.8 Å². The van der Waals surface area contributed by atoms with Gasteiger partial charge in [-0.1, -0.05) is 94.4 Å². The number of H-pyrrole nitrogens is 1. The molecule has 1 aliphatic heterocycles. The number of hydrogen-bond acceptors (Lipinski definition) is 13. The summed E-state index contributed by atoms with van der Waals surface area (Å²) in [5.74, 6) is -7.64. The molecular weight excluding hydrogens is 1080 g/mol. The summed E-state index contributed by atoms with van der Waals surface area (Å²) >= 11 is 0. The third-order valence-corrected chi connectivity index (χ3v) is 16.1. The minimum Gasteiger partial charge on any atom is -0.370 e. The Kier molecular flexibility index (Phi) is 22.7. The lowest BCUT2D eigenvalue weighted by molar-refractivity contribution is -0.138. The summed E-state index contributed by atoms with van der Waals surface area (Å²) < 4.78 is 0. The molecule has 1 spiro atoms. The standard InChI is InChI=1S/C54H72N16O9S2/c1-30-45(73)70-54(21-20-33-14-6-7-15-34(33)26-54)51(79)69-40(24-32-12-4-3-5-13-32)48(76)65-39(19-11-23-61-53(58)59)47(75)66-41(25-35-27-62-37-17-9-8-16-36(35)37)49(77)67-42(44(55)72)28-80-81-29-43(50(78)63-30)68-46(74)38(64-31(2)71)18-10-22-60-52(56)57/h3-9,12-17,27,30,38-43,62H,10-11,18-26,28-29H2,1-2H3,(H2,55,72)(H,63,78)(H,64,71)(H,65,76)(H,66,75)(H,67,77)(H,68,74)(H,69,79)(H,70,73)(H4,56,57,60)(H4,58,59,61)/t30-,38+,39+,40-,41+,42+,43+,54?/m1/s1. The molecule has 434 valence electrons. The molecule has 4 aromatic rings. The molecule has 1 aromatic heterocycles. The van der Waals surface area contributed by atoms with E-state index in [2.05, 4.69) is 57.5 Å². The summed E-state index contributed by atoms with van der Waals surface area (Å²) in [4.78, 5) is 139. The zero-order chi connectivity index (χ0) is 58.6. The Morgan fingerprint density at radius 3 is 2.01 bits per heavy atom. The summed E-state index contributed by atoms with van der Waals surface area (Å²) in [6.07, 6.45) is 2.38. The van der Waals surface area contributed by atoms with Crippen molar-refractivity contribution in [2.45, 2.75) is 119 Å². The van der Waals surface area contributed by atoms with Crippen molar-refractivity contribution in [3.8, 4) is 0 Å². The van der Waals surface area contributed by atoms with Crippen LogP contribution in [-0.4, -0.2) is 142 Å². The number of nitrogens with zero attached hydrogens (tertiary/aromatic N) is 2. The monoisotopic (exact) mass is 1150 g/mol. The molecule has 1 aliphatic carbocycles. The Morgan fingerprint density at radius 2 is 1.31 bits per heavy atom. The van der Waals surface area contributed by atoms with Gasteiger partial charge in [0.05, 0.1) is 0 Å². The first-order chi connectivity index (χ1) is 38.7. The van der Waals surface area contributed by atoms with Gasteiger partial charge < -0.3 is 76.2 Å². The van der Waals surface area contributed by atoms with E-state index in [0.717, 1.165) is 43.6 Å². The molecule has 2 aliphatic rings. The van der Waals surface area contributed by atoms with Crippen molar-refractivity contribution in [2.24, 2.45) is 38.7 Å². The number of guanidine groups is 2. The highest BCUT2D eigenvalue weighted by Crippen LogP contribution is 2.30. The molecule has 27 heteroatoms. The Labute approximate surface area is 476 Å². The summed E-state index contributed by atoms with van der Waals surface area (Å²) in [7, 11) is 2.05. The van der Waals surface area contributed by atoms with Crippen LogP contribution >= 0.6 is 21.6 Å². The number of benzene rings is 3. The summed E-state index contributed by atoms with van der Waals surface area (Å²) in [6.45, 7) is 2.82. The molecule has 0 bridgehead atoms. The first kappa shape index (κ1) is 61.9. The molecule has 25 nitrogen and oxygen atoms in total. The second-order valence-electron chi connectivity index (χ2n) is 19.9. The highest BCUT2D eigenvalue weighted by atomic mass is 33.1. The largest absolute Gasteiger partial charge is 0.370 e. The van der Waals surface area contributed by atoms with Crippen molar-refractivity contribution < 1.29 is 43.2 Å². The van der Waals surface area contributed by atoms with Gasteiger partial charge in [-0.2, -0.15) is 0 Å². The SMILES string of the molecule is CC(=O)N[C@@H](CCCN=C(N)N)C(=O)N[C@H]1CSSC[C@@H](C(N)=O)NC(=O)[C@H](Cc2c[nH]c3ccccc23)NC(=O)[C@H](CCCN=C(N)N)NC(=O)[C@@H](Cc2ccccc2)NC(=O)C2(CCc3ccccc3C2)NC(=O)[C@@H](C)NC1=O. The van der Waals surface area contributed by atoms with Crippen molar-refractivity contribution in [2.75, 3.05) is 24.6 Å². The molecule has 0 radical (unpaired) electrons. The molecule has 19 N–H and O–H groups in total. The lowest BCUT2D eigenvalue weighted by Gasteiger charge is -2.39. The molecule has 1 fully saturated rings. The number of nitrogens with two attached hydrogens (primary N) is 5. The van der Waals surface area contributed by atoms with Gasteiger partial charge in [0.15, 0.2) is 11.9 Å². The summed E-state index contributed by atoms with van der Waals surface area (Å²) in [5.41, 5.74) is 30.1. The molecule has 1 saturated heterocycles. The van der Waals surface area contributed by atoms with Crippen molar-refractivity contribution in [1.29, 1.82) is 0 Å². The third kappa shape index (κ3) is 18.4. The fourth-order valence-corrected chi connectivity index (χ4v) is 11.7. The minimum absolute atomic E-state index is 0.0106. The van der Waals surface area contributed by atoms with E-state index in [4.69, 9.17) is 28.7 Å². The van der Waals surface area contributed by atoms with Crippen molar-refractivity contribution in [3.05, 3.63) is 107 Å². The first-order valence-electron chi connectivity index (χ1n) is 26.4. The quantitative estimate of drug-likeness (QED) is 0.0261. The van der Waals surface area contributed by atoms with Crippen LogP contribution < -0.4 is 71.2 Å². The Bertz CT molecular complexity index is 2970.